The Morgan fingerprint density at radius 3 is 3.06 bits per heavy atom. The molecular weight excluding hydrogens is 250 g/mol. The summed E-state index contributed by atoms with van der Waals surface area (Å²) < 4.78 is 1.86. The van der Waals surface area contributed by atoms with Crippen LogP contribution in [0.5, 0.6) is 0 Å². The molecule has 96 valence electrons. The first kappa shape index (κ1) is 11.8. The van der Waals surface area contributed by atoms with Gasteiger partial charge in [-0.1, -0.05) is 17.7 Å². The highest BCUT2D eigenvalue weighted by Crippen LogP contribution is 2.26. The summed E-state index contributed by atoms with van der Waals surface area (Å²) in [5.74, 6) is 0. The molecule has 1 aliphatic rings. The van der Waals surface area contributed by atoms with E-state index in [1.54, 1.807) is 6.07 Å². The quantitative estimate of drug-likeness (QED) is 0.859. The molecule has 0 spiro atoms. The van der Waals surface area contributed by atoms with Crippen LogP contribution in [-0.2, 0) is 0 Å². The van der Waals surface area contributed by atoms with Crippen LogP contribution in [0.15, 0.2) is 23.0 Å². The first-order valence-electron chi connectivity index (χ1n) is 6.24. The van der Waals surface area contributed by atoms with Crippen molar-refractivity contribution in [2.24, 2.45) is 0 Å². The number of hydrogen-bond donors (Lipinski definition) is 1. The van der Waals surface area contributed by atoms with Gasteiger partial charge in [0.25, 0.3) is 0 Å². The van der Waals surface area contributed by atoms with Crippen LogP contribution in [0.4, 0.5) is 0 Å². The molecule has 1 atom stereocenters. The van der Waals surface area contributed by atoms with E-state index in [0.29, 0.717) is 5.02 Å². The lowest BCUT2D eigenvalue weighted by molar-refractivity contribution is 0.212. The van der Waals surface area contributed by atoms with Gasteiger partial charge in [-0.15, -0.1) is 0 Å². The van der Waals surface area contributed by atoms with Crippen LogP contribution in [0.1, 0.15) is 18.9 Å². The second-order valence-electron chi connectivity index (χ2n) is 4.99. The van der Waals surface area contributed by atoms with Crippen molar-refractivity contribution in [1.29, 1.82) is 0 Å². The Bertz CT molecular complexity index is 631. The molecule has 1 saturated heterocycles. The molecule has 0 radical (unpaired) electrons. The maximum absolute atomic E-state index is 12.1. The Hall–Kier alpha value is -1.26. The van der Waals surface area contributed by atoms with Gasteiger partial charge in [0.05, 0.1) is 22.1 Å². The first-order chi connectivity index (χ1) is 8.66. The van der Waals surface area contributed by atoms with Gasteiger partial charge in [-0.3, -0.25) is 4.57 Å². The van der Waals surface area contributed by atoms with Gasteiger partial charge in [0.15, 0.2) is 0 Å². The molecular formula is C13H16ClN3O. The number of nitrogens with zero attached hydrogens (tertiary/aromatic N) is 2. The fraction of sp³-hybridized carbons (Fsp3) is 0.462. The fourth-order valence-electron chi connectivity index (χ4n) is 2.83. The van der Waals surface area contributed by atoms with E-state index < -0.39 is 0 Å². The van der Waals surface area contributed by atoms with Crippen molar-refractivity contribution < 1.29 is 0 Å². The largest absolute Gasteiger partial charge is 0.326 e. The number of H-pyrrole nitrogens is 1. The third-order valence-electron chi connectivity index (χ3n) is 3.67. The van der Waals surface area contributed by atoms with E-state index in [-0.39, 0.29) is 11.7 Å². The van der Waals surface area contributed by atoms with Gasteiger partial charge in [-0.2, -0.15) is 0 Å². The number of benzene rings is 1. The van der Waals surface area contributed by atoms with Gasteiger partial charge in [0.2, 0.25) is 0 Å². The van der Waals surface area contributed by atoms with Crippen LogP contribution >= 0.6 is 11.6 Å². The molecule has 3 rings (SSSR count). The van der Waals surface area contributed by atoms with Crippen LogP contribution in [0.3, 0.4) is 0 Å². The molecule has 5 heteroatoms. The van der Waals surface area contributed by atoms with E-state index in [1.165, 1.54) is 0 Å². The topological polar surface area (TPSA) is 41.0 Å². The molecule has 0 amide bonds. The molecule has 2 heterocycles. The number of imidazole rings is 1. The Labute approximate surface area is 110 Å². The molecule has 18 heavy (non-hydrogen) atoms. The summed E-state index contributed by atoms with van der Waals surface area (Å²) in [6.07, 6.45) is 2.17. The maximum atomic E-state index is 12.1. The zero-order valence-electron chi connectivity index (χ0n) is 10.3. The van der Waals surface area contributed by atoms with Crippen molar-refractivity contribution in [3.63, 3.8) is 0 Å². The van der Waals surface area contributed by atoms with Crippen molar-refractivity contribution >= 4 is 22.6 Å². The number of aromatic nitrogens is 2. The predicted octanol–water partition coefficient (Wildman–Crippen LogP) is 2.25. The van der Waals surface area contributed by atoms with Gasteiger partial charge in [0, 0.05) is 6.54 Å². The van der Waals surface area contributed by atoms with Gasteiger partial charge < -0.3 is 9.88 Å². The highest BCUT2D eigenvalue weighted by molar-refractivity contribution is 6.34. The molecule has 1 aliphatic heterocycles. The average molecular weight is 266 g/mol. The summed E-state index contributed by atoms with van der Waals surface area (Å²) in [6, 6.07) is 5.88. The standard InChI is InChI=1S/C13H16ClN3O/c1-16-7-3-4-9(8-16)17-11-6-2-5-10(14)12(11)15-13(17)18/h2,5-6,9H,3-4,7-8H2,1H3,(H,15,18). The number of nitrogens with one attached hydrogen (secondary N) is 1. The molecule has 2 aromatic rings. The van der Waals surface area contributed by atoms with E-state index in [2.05, 4.69) is 16.9 Å². The lowest BCUT2D eigenvalue weighted by Gasteiger charge is -2.30. The molecule has 1 fully saturated rings. The number of likely N-dealkylation sites (N-methyl/N-ethyl adjacent to an activating group) is 1. The van der Waals surface area contributed by atoms with Gasteiger partial charge in [-0.05, 0) is 38.6 Å². The van der Waals surface area contributed by atoms with Crippen molar-refractivity contribution in [1.82, 2.24) is 14.5 Å². The van der Waals surface area contributed by atoms with Crippen molar-refractivity contribution in [2.45, 2.75) is 18.9 Å². The number of halogens is 1. The lowest BCUT2D eigenvalue weighted by atomic mass is 10.1. The lowest BCUT2D eigenvalue weighted by Crippen LogP contribution is -2.36. The van der Waals surface area contributed by atoms with Crippen molar-refractivity contribution in [3.05, 3.63) is 33.7 Å². The molecule has 1 N–H and O–H groups in total. The van der Waals surface area contributed by atoms with Crippen LogP contribution in [0.25, 0.3) is 11.0 Å². The Morgan fingerprint density at radius 2 is 2.28 bits per heavy atom. The summed E-state index contributed by atoms with van der Waals surface area (Å²) in [5, 5.41) is 0.604. The maximum Gasteiger partial charge on any atom is 0.326 e. The Kier molecular flexibility index (Phi) is 2.92. The Balaban J connectivity index is 2.14. The third-order valence-corrected chi connectivity index (χ3v) is 3.98. The third kappa shape index (κ3) is 1.85. The molecule has 1 aromatic heterocycles. The molecule has 4 nitrogen and oxygen atoms in total. The summed E-state index contributed by atoms with van der Waals surface area (Å²) in [6.45, 7) is 2.02. The fourth-order valence-corrected chi connectivity index (χ4v) is 3.04. The zero-order valence-corrected chi connectivity index (χ0v) is 11.1. The van der Waals surface area contributed by atoms with E-state index in [1.807, 2.05) is 16.7 Å². The monoisotopic (exact) mass is 265 g/mol. The van der Waals surface area contributed by atoms with Crippen molar-refractivity contribution in [2.75, 3.05) is 20.1 Å². The molecule has 0 bridgehead atoms. The molecule has 0 saturated carbocycles. The predicted molar refractivity (Wildman–Crippen MR) is 73.3 cm³/mol. The Morgan fingerprint density at radius 1 is 1.44 bits per heavy atom. The minimum absolute atomic E-state index is 0.0570. The summed E-state index contributed by atoms with van der Waals surface area (Å²) in [5.41, 5.74) is 1.60. The van der Waals surface area contributed by atoms with Crippen molar-refractivity contribution in [3.8, 4) is 0 Å². The summed E-state index contributed by atoms with van der Waals surface area (Å²) >= 11 is 6.12. The van der Waals surface area contributed by atoms with Gasteiger partial charge in [-0.25, -0.2) is 4.79 Å². The van der Waals surface area contributed by atoms with E-state index in [0.717, 1.165) is 37.0 Å². The van der Waals surface area contributed by atoms with E-state index in [9.17, 15) is 4.79 Å². The summed E-state index contributed by atoms with van der Waals surface area (Å²) in [4.78, 5) is 17.3. The van der Waals surface area contributed by atoms with E-state index in [4.69, 9.17) is 11.6 Å². The second-order valence-corrected chi connectivity index (χ2v) is 5.40. The number of piperidine rings is 1. The highest BCUT2D eigenvalue weighted by atomic mass is 35.5. The first-order valence-corrected chi connectivity index (χ1v) is 6.62. The minimum Gasteiger partial charge on any atom is -0.304 e. The number of rotatable bonds is 1. The number of hydrogen-bond acceptors (Lipinski definition) is 2. The smallest absolute Gasteiger partial charge is 0.304 e. The number of fused-ring (bicyclic) bond motifs is 1. The second kappa shape index (κ2) is 4.44. The van der Waals surface area contributed by atoms with Crippen LogP contribution in [0.2, 0.25) is 5.02 Å². The number of para-hydroxylation sites is 1. The minimum atomic E-state index is -0.0570. The number of likely N-dealkylation sites (tertiary alicyclic amines) is 1. The van der Waals surface area contributed by atoms with Gasteiger partial charge >= 0.3 is 5.69 Å². The average Bonchev–Trinajstić information content (AvgIpc) is 2.67. The van der Waals surface area contributed by atoms with Gasteiger partial charge in [0.1, 0.15) is 0 Å². The molecule has 0 aliphatic carbocycles. The van der Waals surface area contributed by atoms with Crippen LogP contribution in [-0.4, -0.2) is 34.6 Å². The SMILES string of the molecule is CN1CCCC(n2c(=O)[nH]c3c(Cl)cccc32)C1. The van der Waals surface area contributed by atoms with Crippen LogP contribution in [0, 0.1) is 0 Å². The number of aromatic amines is 1. The molecule has 1 unspecified atom stereocenters. The zero-order chi connectivity index (χ0) is 12.7. The summed E-state index contributed by atoms with van der Waals surface area (Å²) in [7, 11) is 2.10. The normalized spacial score (nSPS) is 21.6. The van der Waals surface area contributed by atoms with E-state index >= 15 is 0 Å². The highest BCUT2D eigenvalue weighted by Gasteiger charge is 2.22. The van der Waals surface area contributed by atoms with Crippen LogP contribution < -0.4 is 5.69 Å². The molecule has 1 aromatic carbocycles.